The number of amides is 1. The molecular weight excluding hydrogens is 346 g/mol. The number of aryl methyl sites for hydroxylation is 1. The molecule has 0 unspecified atom stereocenters. The van der Waals surface area contributed by atoms with E-state index in [1.807, 2.05) is 43.6 Å². The first-order chi connectivity index (χ1) is 12.6. The number of nitrogens with zero attached hydrogens (tertiary/aromatic N) is 3. The highest BCUT2D eigenvalue weighted by molar-refractivity contribution is 6.31. The maximum Gasteiger partial charge on any atom is 0.254 e. The van der Waals surface area contributed by atoms with Crippen molar-refractivity contribution in [1.29, 1.82) is 0 Å². The highest BCUT2D eigenvalue weighted by Crippen LogP contribution is 2.30. The van der Waals surface area contributed by atoms with Crippen LogP contribution in [0.15, 0.2) is 42.7 Å². The van der Waals surface area contributed by atoms with Crippen LogP contribution in [0.4, 0.5) is 0 Å². The van der Waals surface area contributed by atoms with Crippen molar-refractivity contribution in [2.45, 2.75) is 32.4 Å². The second-order valence-electron chi connectivity index (χ2n) is 7.57. The second-order valence-corrected chi connectivity index (χ2v) is 7.98. The quantitative estimate of drug-likeness (QED) is 0.826. The van der Waals surface area contributed by atoms with E-state index in [4.69, 9.17) is 11.6 Å². The third-order valence-corrected chi connectivity index (χ3v) is 6.01. The van der Waals surface area contributed by atoms with E-state index in [0.29, 0.717) is 10.9 Å². The number of hydrogen-bond acceptors (Lipinski definition) is 3. The van der Waals surface area contributed by atoms with E-state index >= 15 is 0 Å². The van der Waals surface area contributed by atoms with Crippen LogP contribution >= 0.6 is 11.6 Å². The summed E-state index contributed by atoms with van der Waals surface area (Å²) in [6, 6.07) is 9.99. The van der Waals surface area contributed by atoms with Gasteiger partial charge in [-0.05, 0) is 61.1 Å². The fourth-order valence-corrected chi connectivity index (χ4v) is 4.37. The summed E-state index contributed by atoms with van der Waals surface area (Å²) in [6.45, 7) is 5.69. The van der Waals surface area contributed by atoms with Gasteiger partial charge in [0.15, 0.2) is 0 Å². The van der Waals surface area contributed by atoms with Crippen LogP contribution in [0.25, 0.3) is 0 Å². The zero-order chi connectivity index (χ0) is 18.1. The largest absolute Gasteiger partial charge is 0.334 e. The van der Waals surface area contributed by atoms with Crippen LogP contribution in [0.1, 0.15) is 34.3 Å². The lowest BCUT2D eigenvalue weighted by atomic mass is 9.94. The van der Waals surface area contributed by atoms with Gasteiger partial charge in [0.05, 0.1) is 0 Å². The van der Waals surface area contributed by atoms with E-state index in [9.17, 15) is 4.79 Å². The molecule has 3 aliphatic heterocycles. The zero-order valence-electron chi connectivity index (χ0n) is 15.1. The molecule has 2 bridgehead atoms. The van der Waals surface area contributed by atoms with Gasteiger partial charge in [0.2, 0.25) is 0 Å². The molecule has 0 saturated carbocycles. The van der Waals surface area contributed by atoms with E-state index in [1.54, 1.807) is 0 Å². The first-order valence-electron chi connectivity index (χ1n) is 9.28. The minimum Gasteiger partial charge on any atom is -0.334 e. The lowest BCUT2D eigenvalue weighted by Gasteiger charge is -2.36. The Morgan fingerprint density at radius 2 is 2.12 bits per heavy atom. The van der Waals surface area contributed by atoms with Crippen molar-refractivity contribution in [3.8, 4) is 0 Å². The first-order valence-corrected chi connectivity index (χ1v) is 9.66. The molecule has 1 aromatic carbocycles. The molecule has 4 nitrogen and oxygen atoms in total. The van der Waals surface area contributed by atoms with Crippen LogP contribution in [-0.2, 0) is 6.54 Å². The third kappa shape index (κ3) is 3.62. The van der Waals surface area contributed by atoms with Gasteiger partial charge in [0, 0.05) is 55.2 Å². The Bertz CT molecular complexity index is 795. The summed E-state index contributed by atoms with van der Waals surface area (Å²) in [7, 11) is 0. The number of rotatable bonds is 3. The molecule has 2 aromatic rings. The molecule has 136 valence electrons. The minimum atomic E-state index is 0.141. The van der Waals surface area contributed by atoms with Gasteiger partial charge in [-0.3, -0.25) is 14.7 Å². The highest BCUT2D eigenvalue weighted by Gasteiger charge is 2.37. The molecule has 1 amide bonds. The van der Waals surface area contributed by atoms with E-state index in [1.165, 1.54) is 12.0 Å². The number of halogens is 1. The van der Waals surface area contributed by atoms with E-state index < -0.39 is 0 Å². The molecule has 0 N–H and O–H groups in total. The van der Waals surface area contributed by atoms with Crippen molar-refractivity contribution in [3.05, 3.63) is 64.4 Å². The van der Waals surface area contributed by atoms with Gasteiger partial charge < -0.3 is 4.90 Å². The lowest BCUT2D eigenvalue weighted by molar-refractivity contribution is 0.0585. The van der Waals surface area contributed by atoms with Gasteiger partial charge >= 0.3 is 0 Å². The molecule has 0 spiro atoms. The Balaban J connectivity index is 1.51. The number of carbonyl (C=O) groups excluding carboxylic acids is 1. The SMILES string of the molecule is Cc1cc(C(=O)N2C[C@@H]3CC[C@H]2CN(Cc2cccnc2)C3)ccc1Cl. The molecule has 0 aliphatic carbocycles. The number of pyridine rings is 1. The van der Waals surface area contributed by atoms with Gasteiger partial charge in [-0.2, -0.15) is 0 Å². The van der Waals surface area contributed by atoms with Crippen molar-refractivity contribution in [1.82, 2.24) is 14.8 Å². The van der Waals surface area contributed by atoms with Crippen LogP contribution in [0.3, 0.4) is 0 Å². The summed E-state index contributed by atoms with van der Waals surface area (Å²) >= 11 is 6.12. The Morgan fingerprint density at radius 1 is 1.23 bits per heavy atom. The van der Waals surface area contributed by atoms with Crippen LogP contribution < -0.4 is 0 Å². The maximum atomic E-state index is 13.1. The van der Waals surface area contributed by atoms with Crippen LogP contribution in [0.2, 0.25) is 5.02 Å². The number of benzene rings is 1. The summed E-state index contributed by atoms with van der Waals surface area (Å²) in [5.41, 5.74) is 2.94. The molecule has 3 saturated heterocycles. The predicted octanol–water partition coefficient (Wildman–Crippen LogP) is 3.78. The molecule has 2 atom stereocenters. The standard InChI is InChI=1S/C21H24ClN3O/c1-15-9-18(5-7-20(15)22)21(26)25-13-17-4-6-19(25)14-24(12-17)11-16-3-2-8-23-10-16/h2-3,5,7-10,17,19H,4,6,11-14H2,1H3/t17-,19+/m1/s1. The fourth-order valence-electron chi connectivity index (χ4n) is 4.25. The van der Waals surface area contributed by atoms with E-state index in [0.717, 1.165) is 43.7 Å². The third-order valence-electron chi connectivity index (χ3n) is 5.58. The summed E-state index contributed by atoms with van der Waals surface area (Å²) in [4.78, 5) is 21.9. The van der Waals surface area contributed by atoms with Gasteiger partial charge in [-0.25, -0.2) is 0 Å². The van der Waals surface area contributed by atoms with Gasteiger partial charge in [0.25, 0.3) is 5.91 Å². The first kappa shape index (κ1) is 17.5. The Labute approximate surface area is 159 Å². The average molecular weight is 370 g/mol. The van der Waals surface area contributed by atoms with Crippen LogP contribution in [-0.4, -0.2) is 46.4 Å². The number of fused-ring (bicyclic) bond motifs is 4. The maximum absolute atomic E-state index is 13.1. The van der Waals surface area contributed by atoms with Gasteiger partial charge in [0.1, 0.15) is 0 Å². The Morgan fingerprint density at radius 3 is 2.88 bits per heavy atom. The van der Waals surface area contributed by atoms with Crippen molar-refractivity contribution < 1.29 is 4.79 Å². The average Bonchev–Trinajstić information content (AvgIpc) is 2.95. The van der Waals surface area contributed by atoms with Crippen LogP contribution in [0, 0.1) is 12.8 Å². The monoisotopic (exact) mass is 369 g/mol. The lowest BCUT2D eigenvalue weighted by Crippen LogP contribution is -2.47. The zero-order valence-corrected chi connectivity index (χ0v) is 15.8. The highest BCUT2D eigenvalue weighted by atomic mass is 35.5. The molecule has 3 aliphatic rings. The molecular formula is C21H24ClN3O. The number of hydrogen-bond donors (Lipinski definition) is 0. The van der Waals surface area contributed by atoms with E-state index in [-0.39, 0.29) is 11.9 Å². The predicted molar refractivity (Wildman–Crippen MR) is 103 cm³/mol. The minimum absolute atomic E-state index is 0.141. The number of carbonyl (C=O) groups is 1. The van der Waals surface area contributed by atoms with Crippen molar-refractivity contribution in [3.63, 3.8) is 0 Å². The summed E-state index contributed by atoms with van der Waals surface area (Å²) < 4.78 is 0. The van der Waals surface area contributed by atoms with Crippen LogP contribution in [0.5, 0.6) is 0 Å². The molecule has 1 aromatic heterocycles. The van der Waals surface area contributed by atoms with Gasteiger partial charge in [-0.15, -0.1) is 0 Å². The van der Waals surface area contributed by atoms with E-state index in [2.05, 4.69) is 20.9 Å². The van der Waals surface area contributed by atoms with Crippen molar-refractivity contribution in [2.75, 3.05) is 19.6 Å². The number of aromatic nitrogens is 1. The van der Waals surface area contributed by atoms with Gasteiger partial charge in [-0.1, -0.05) is 17.7 Å². The fraction of sp³-hybridized carbons (Fsp3) is 0.429. The molecule has 5 heteroatoms. The number of piperidine rings is 1. The summed E-state index contributed by atoms with van der Waals surface area (Å²) in [5, 5.41) is 0.710. The molecule has 4 heterocycles. The molecule has 5 rings (SSSR count). The Hall–Kier alpha value is -1.91. The summed E-state index contributed by atoms with van der Waals surface area (Å²) in [5.74, 6) is 0.686. The summed E-state index contributed by atoms with van der Waals surface area (Å²) in [6.07, 6.45) is 6.04. The van der Waals surface area contributed by atoms with Crippen molar-refractivity contribution in [2.24, 2.45) is 5.92 Å². The second kappa shape index (κ2) is 7.37. The smallest absolute Gasteiger partial charge is 0.254 e. The Kier molecular flexibility index (Phi) is 4.96. The molecule has 3 fully saturated rings. The normalized spacial score (nSPS) is 23.1. The topological polar surface area (TPSA) is 36.4 Å². The molecule has 0 radical (unpaired) electrons. The molecule has 26 heavy (non-hydrogen) atoms. The van der Waals surface area contributed by atoms with Crippen molar-refractivity contribution >= 4 is 17.5 Å².